The molecular formula is C79H127NO13. The maximum atomic E-state index is 13.3. The molecule has 2 rings (SSSR count). The SMILES string of the molecule is CC/C=C\C/C=C\C/C=C\C/C=C\C/C=C\C/C=C\C/C=C\C/C=C\C/C=C\C/C=C\C/C=C\CCCCCC(=O)NC(COC1OC(CO)C(OC2OC(CO)C(O)C(O)C2O)C(O)C1O)C(O)/C=C/CC/C=C/CC/C=C/CCCCCCCCCCCCCC. The van der Waals surface area contributed by atoms with Crippen molar-refractivity contribution in [1.29, 1.82) is 0 Å². The molecule has 12 unspecified atom stereocenters. The molecule has 14 heteroatoms. The molecule has 2 heterocycles. The third-order valence-electron chi connectivity index (χ3n) is 16.1. The summed E-state index contributed by atoms with van der Waals surface area (Å²) in [7, 11) is 0. The highest BCUT2D eigenvalue weighted by Crippen LogP contribution is 2.30. The van der Waals surface area contributed by atoms with Gasteiger partial charge in [0.15, 0.2) is 12.6 Å². The Morgan fingerprint density at radius 2 is 0.753 bits per heavy atom. The van der Waals surface area contributed by atoms with Gasteiger partial charge in [-0.15, -0.1) is 0 Å². The highest BCUT2D eigenvalue weighted by molar-refractivity contribution is 5.76. The summed E-state index contributed by atoms with van der Waals surface area (Å²) in [4.78, 5) is 13.3. The monoisotopic (exact) mass is 1300 g/mol. The zero-order valence-electron chi connectivity index (χ0n) is 57.2. The van der Waals surface area contributed by atoms with Gasteiger partial charge >= 0.3 is 0 Å². The van der Waals surface area contributed by atoms with Crippen LogP contribution in [0.3, 0.4) is 0 Å². The number of hydrogen-bond acceptors (Lipinski definition) is 13. The molecule has 0 aromatic heterocycles. The van der Waals surface area contributed by atoms with Crippen LogP contribution in [0.4, 0.5) is 0 Å². The minimum atomic E-state index is -1.81. The van der Waals surface area contributed by atoms with E-state index in [1.807, 2.05) is 6.08 Å². The number of nitrogens with one attached hydrogen (secondary N) is 1. The van der Waals surface area contributed by atoms with Gasteiger partial charge in [0.05, 0.1) is 32.0 Å². The lowest BCUT2D eigenvalue weighted by Gasteiger charge is -2.46. The van der Waals surface area contributed by atoms with Gasteiger partial charge in [0.25, 0.3) is 0 Å². The summed E-state index contributed by atoms with van der Waals surface area (Å²) >= 11 is 0. The smallest absolute Gasteiger partial charge is 0.220 e. The Morgan fingerprint density at radius 3 is 1.18 bits per heavy atom. The molecule has 0 aliphatic carbocycles. The molecular weight excluding hydrogens is 1170 g/mol. The molecule has 0 radical (unpaired) electrons. The first-order chi connectivity index (χ1) is 45.6. The molecule has 14 nitrogen and oxygen atoms in total. The molecule has 2 aliphatic heterocycles. The number of carbonyl (C=O) groups is 1. The molecule has 0 saturated carbocycles. The minimum absolute atomic E-state index is 0.218. The second kappa shape index (κ2) is 61.0. The summed E-state index contributed by atoms with van der Waals surface area (Å²) in [5.74, 6) is -0.292. The van der Waals surface area contributed by atoms with E-state index in [0.29, 0.717) is 12.8 Å². The number of hydrogen-bond donors (Lipinski definition) is 9. The van der Waals surface area contributed by atoms with Crippen LogP contribution in [-0.4, -0.2) is 140 Å². The number of aliphatic hydroxyl groups is 8. The standard InChI is InChI=1S/C79H127NO13/c1-3-5-7-9-11-13-15-17-19-21-23-25-27-28-29-30-31-32-33-34-35-36-37-38-39-40-41-43-45-47-49-51-53-55-57-59-61-63-71(84)80-67(66-90-78-76(89)74(87)77(70(65-82)92-78)93-79-75(88)73(86)72(85)69(64-81)91-79)68(83)62-60-58-56-54-52-50-48-46-44-42-26-24-22-20-18-16-14-12-10-8-6-4-2/h5,7,11,13,17,19,23,25,28-29,31-32,34-35,37-38,40-41,44-47,51-54,60,62,67-70,72-79,81-83,85-89H,3-4,6,8-10,12,14-16,18,20-22,24,26-27,30,33,36,39,42-43,48-50,55-59,61,63-66H2,1-2H3,(H,80,84)/b7-5-,13-11-,19-17-,25-23-,29-28-,32-31-,35-34-,38-37-,41-40-,46-44+,47-45-,53-51-,54-52+,62-60+. The van der Waals surface area contributed by atoms with Crippen molar-refractivity contribution in [2.24, 2.45) is 0 Å². The van der Waals surface area contributed by atoms with E-state index in [-0.39, 0.29) is 18.9 Å². The Balaban J connectivity index is 1.72. The van der Waals surface area contributed by atoms with E-state index in [2.05, 4.69) is 177 Å². The van der Waals surface area contributed by atoms with Gasteiger partial charge < -0.3 is 65.1 Å². The van der Waals surface area contributed by atoms with E-state index in [0.717, 1.165) is 116 Å². The summed E-state index contributed by atoms with van der Waals surface area (Å²) in [5, 5.41) is 87.4. The fourth-order valence-corrected chi connectivity index (χ4v) is 10.4. The first-order valence-corrected chi connectivity index (χ1v) is 35.9. The Bertz CT molecular complexity index is 2220. The van der Waals surface area contributed by atoms with Crippen molar-refractivity contribution in [1.82, 2.24) is 5.32 Å². The third kappa shape index (κ3) is 44.7. The van der Waals surface area contributed by atoms with Crippen molar-refractivity contribution in [2.75, 3.05) is 19.8 Å². The molecule has 9 N–H and O–H groups in total. The molecule has 2 saturated heterocycles. The quantitative estimate of drug-likeness (QED) is 0.0204. The van der Waals surface area contributed by atoms with E-state index in [9.17, 15) is 45.6 Å². The fraction of sp³-hybridized carbons (Fsp3) is 0.633. The van der Waals surface area contributed by atoms with Gasteiger partial charge in [0.2, 0.25) is 5.91 Å². The summed E-state index contributed by atoms with van der Waals surface area (Å²) in [6.07, 6.45) is 78.3. The molecule has 12 atom stereocenters. The van der Waals surface area contributed by atoms with Crippen LogP contribution >= 0.6 is 0 Å². The summed E-state index contributed by atoms with van der Waals surface area (Å²) in [5.41, 5.74) is 0. The molecule has 2 fully saturated rings. The normalized spacial score (nSPS) is 23.6. The molecule has 93 heavy (non-hydrogen) atoms. The van der Waals surface area contributed by atoms with Crippen LogP contribution in [0.5, 0.6) is 0 Å². The molecule has 0 aromatic rings. The van der Waals surface area contributed by atoms with Gasteiger partial charge in [0, 0.05) is 6.42 Å². The van der Waals surface area contributed by atoms with Gasteiger partial charge in [-0.1, -0.05) is 261 Å². The number of carbonyl (C=O) groups excluding carboxylic acids is 1. The van der Waals surface area contributed by atoms with Crippen molar-refractivity contribution in [3.63, 3.8) is 0 Å². The Labute approximate surface area is 562 Å². The van der Waals surface area contributed by atoms with Crippen LogP contribution in [-0.2, 0) is 23.7 Å². The largest absolute Gasteiger partial charge is 0.394 e. The summed E-state index contributed by atoms with van der Waals surface area (Å²) in [6, 6.07) is -0.971. The van der Waals surface area contributed by atoms with Gasteiger partial charge in [0.1, 0.15) is 48.8 Å². The zero-order valence-corrected chi connectivity index (χ0v) is 57.2. The van der Waals surface area contributed by atoms with Crippen LogP contribution < -0.4 is 5.32 Å². The topological polar surface area (TPSA) is 228 Å². The number of allylic oxidation sites excluding steroid dienone is 27. The van der Waals surface area contributed by atoms with E-state index < -0.39 is 86.8 Å². The van der Waals surface area contributed by atoms with Gasteiger partial charge in [-0.2, -0.15) is 0 Å². The van der Waals surface area contributed by atoms with Crippen molar-refractivity contribution in [3.8, 4) is 0 Å². The maximum absolute atomic E-state index is 13.3. The van der Waals surface area contributed by atoms with E-state index >= 15 is 0 Å². The van der Waals surface area contributed by atoms with Crippen LogP contribution in [0.25, 0.3) is 0 Å². The van der Waals surface area contributed by atoms with Crippen molar-refractivity contribution >= 4 is 5.91 Å². The highest BCUT2D eigenvalue weighted by Gasteiger charge is 2.51. The predicted octanol–water partition coefficient (Wildman–Crippen LogP) is 15.2. The third-order valence-corrected chi connectivity index (χ3v) is 16.1. The molecule has 0 bridgehead atoms. The minimum Gasteiger partial charge on any atom is -0.394 e. The second-order valence-corrected chi connectivity index (χ2v) is 24.3. The summed E-state index contributed by atoms with van der Waals surface area (Å²) in [6.45, 7) is 2.63. The van der Waals surface area contributed by atoms with Gasteiger partial charge in [-0.25, -0.2) is 0 Å². The Morgan fingerprint density at radius 1 is 0.398 bits per heavy atom. The van der Waals surface area contributed by atoms with E-state index in [1.165, 1.54) is 77.0 Å². The van der Waals surface area contributed by atoms with Crippen molar-refractivity contribution in [2.45, 2.75) is 299 Å². The molecule has 0 aromatic carbocycles. The Hall–Kier alpha value is -4.65. The lowest BCUT2D eigenvalue weighted by Crippen LogP contribution is -2.65. The molecule has 0 spiro atoms. The number of rotatable bonds is 56. The Kier molecular flexibility index (Phi) is 55.4. The van der Waals surface area contributed by atoms with Crippen LogP contribution in [0.2, 0.25) is 0 Å². The average molecular weight is 1300 g/mol. The van der Waals surface area contributed by atoms with E-state index in [4.69, 9.17) is 18.9 Å². The van der Waals surface area contributed by atoms with Crippen molar-refractivity contribution in [3.05, 3.63) is 170 Å². The van der Waals surface area contributed by atoms with Crippen LogP contribution in [0, 0.1) is 0 Å². The second-order valence-electron chi connectivity index (χ2n) is 24.3. The molecule has 2 aliphatic rings. The summed E-state index contributed by atoms with van der Waals surface area (Å²) < 4.78 is 22.8. The van der Waals surface area contributed by atoms with Crippen molar-refractivity contribution < 1.29 is 64.6 Å². The first-order valence-electron chi connectivity index (χ1n) is 35.9. The average Bonchev–Trinajstić information content (AvgIpc) is 0.852. The first kappa shape index (κ1) is 84.4. The van der Waals surface area contributed by atoms with Gasteiger partial charge in [-0.05, 0) is 128 Å². The van der Waals surface area contributed by atoms with Crippen LogP contribution in [0.15, 0.2) is 170 Å². The fourth-order valence-electron chi connectivity index (χ4n) is 10.4. The highest BCUT2D eigenvalue weighted by atomic mass is 16.7. The molecule has 1 amide bonds. The van der Waals surface area contributed by atoms with Gasteiger partial charge in [-0.3, -0.25) is 4.79 Å². The lowest BCUT2D eigenvalue weighted by atomic mass is 9.97. The van der Waals surface area contributed by atoms with Crippen LogP contribution in [0.1, 0.15) is 226 Å². The van der Waals surface area contributed by atoms with E-state index in [1.54, 1.807) is 6.08 Å². The zero-order chi connectivity index (χ0) is 67.3. The predicted molar refractivity (Wildman–Crippen MR) is 382 cm³/mol. The number of ether oxygens (including phenoxy) is 4. The number of aliphatic hydroxyl groups excluding tert-OH is 8. The number of amides is 1. The molecule has 526 valence electrons. The number of unbranched alkanes of at least 4 members (excludes halogenated alkanes) is 17. The lowest BCUT2D eigenvalue weighted by molar-refractivity contribution is -0.359. The maximum Gasteiger partial charge on any atom is 0.220 e.